The highest BCUT2D eigenvalue weighted by Crippen LogP contribution is 2.65. The van der Waals surface area contributed by atoms with Gasteiger partial charge < -0.3 is 26.6 Å². The predicted octanol–water partition coefficient (Wildman–Crippen LogP) is 0.694. The summed E-state index contributed by atoms with van der Waals surface area (Å²) in [7, 11) is 0. The number of carbonyl (C=O) groups is 5. The standard InChI is InChI=1S/C24H34F5N5O5/c1-21(2,3)15(33-20(39)23(25,26)24(27,28)29)19(38)34-9-11-13(22(11,4)5)14(34)18(37)32-12(16(30)35)8-10-6-7-31-17(10)36/h10-15H,6-9H2,1-5H3,(H2,30,35)(H,31,36)(H,32,37)(H,33,39)/t10?,11-,12-,13-,14-,15+/m0/s1/i7D2. The monoisotopic (exact) mass is 569 g/mol. The van der Waals surface area contributed by atoms with Crippen LogP contribution in [0, 0.1) is 28.6 Å². The number of hydrogen-bond acceptors (Lipinski definition) is 5. The van der Waals surface area contributed by atoms with Crippen LogP contribution in [0.1, 0.15) is 50.2 Å². The molecule has 0 aromatic rings. The second-order valence-corrected chi connectivity index (χ2v) is 12.0. The van der Waals surface area contributed by atoms with E-state index < -0.39 is 88.9 Å². The number of fused-ring (bicyclic) bond motifs is 1. The van der Waals surface area contributed by atoms with Crippen LogP contribution in [0.15, 0.2) is 0 Å². The van der Waals surface area contributed by atoms with Crippen molar-refractivity contribution in [3.8, 4) is 0 Å². The number of nitrogens with zero attached hydrogens (tertiary/aromatic N) is 1. The van der Waals surface area contributed by atoms with Crippen LogP contribution in [-0.4, -0.2) is 77.7 Å². The van der Waals surface area contributed by atoms with Gasteiger partial charge in [0.15, 0.2) is 0 Å². The van der Waals surface area contributed by atoms with Crippen molar-refractivity contribution in [1.29, 1.82) is 0 Å². The zero-order chi connectivity index (χ0) is 31.7. The molecular formula is C24H34F5N5O5. The zero-order valence-electron chi connectivity index (χ0n) is 24.0. The van der Waals surface area contributed by atoms with E-state index in [-0.39, 0.29) is 25.3 Å². The third-order valence-electron chi connectivity index (χ3n) is 7.90. The summed E-state index contributed by atoms with van der Waals surface area (Å²) in [6.07, 6.45) is -6.82. The Hall–Kier alpha value is -3.00. The maximum Gasteiger partial charge on any atom is 0.463 e. The molecule has 2 aliphatic heterocycles. The first-order valence-corrected chi connectivity index (χ1v) is 12.3. The van der Waals surface area contributed by atoms with Gasteiger partial charge in [0.1, 0.15) is 18.1 Å². The van der Waals surface area contributed by atoms with Crippen molar-refractivity contribution >= 4 is 29.5 Å². The molecule has 2 saturated heterocycles. The zero-order valence-corrected chi connectivity index (χ0v) is 22.0. The molecule has 5 N–H and O–H groups in total. The Kier molecular flexibility index (Phi) is 6.98. The molecule has 1 aliphatic carbocycles. The van der Waals surface area contributed by atoms with E-state index in [4.69, 9.17) is 8.48 Å². The quantitative estimate of drug-likeness (QED) is 0.317. The van der Waals surface area contributed by atoms with Gasteiger partial charge in [0.2, 0.25) is 23.6 Å². The number of likely N-dealkylation sites (tertiary alicyclic amines) is 1. The Bertz CT molecular complexity index is 1140. The minimum atomic E-state index is -6.20. The van der Waals surface area contributed by atoms with E-state index >= 15 is 0 Å². The lowest BCUT2D eigenvalue weighted by Crippen LogP contribution is -2.63. The largest absolute Gasteiger partial charge is 0.463 e. The normalized spacial score (nSPS) is 29.8. The summed E-state index contributed by atoms with van der Waals surface area (Å²) < 4.78 is 81.2. The van der Waals surface area contributed by atoms with Gasteiger partial charge in [0.25, 0.3) is 0 Å². The van der Waals surface area contributed by atoms with Crippen molar-refractivity contribution in [3.05, 3.63) is 0 Å². The Morgan fingerprint density at radius 2 is 1.74 bits per heavy atom. The SMILES string of the molecule is [2H]C1([2H])CC(C[C@H](NC(=O)[C@@H]2[C@@H]3[C@H](CN2C(=O)[C@@H](NC(=O)C(F)(F)C(F)(F)F)C(C)(C)C)C3(C)C)C(N)=O)C(=O)N1. The summed E-state index contributed by atoms with van der Waals surface area (Å²) >= 11 is 0. The molecule has 15 heteroatoms. The highest BCUT2D eigenvalue weighted by Gasteiger charge is 2.70. The maximum absolute atomic E-state index is 13.7. The first-order valence-electron chi connectivity index (χ1n) is 13.3. The number of carbonyl (C=O) groups excluding carboxylic acids is 5. The fraction of sp³-hybridized carbons (Fsp3) is 0.792. The van der Waals surface area contributed by atoms with E-state index in [1.807, 2.05) is 13.8 Å². The van der Waals surface area contributed by atoms with Crippen molar-refractivity contribution in [1.82, 2.24) is 20.9 Å². The van der Waals surface area contributed by atoms with Crippen LogP contribution in [0.3, 0.4) is 0 Å². The summed E-state index contributed by atoms with van der Waals surface area (Å²) in [5.74, 6) is -13.9. The molecule has 0 spiro atoms. The van der Waals surface area contributed by atoms with Gasteiger partial charge >= 0.3 is 18.0 Å². The van der Waals surface area contributed by atoms with Crippen molar-refractivity contribution in [3.63, 3.8) is 0 Å². The van der Waals surface area contributed by atoms with Crippen LogP contribution < -0.4 is 21.7 Å². The lowest BCUT2D eigenvalue weighted by atomic mass is 9.85. The molecular weight excluding hydrogens is 533 g/mol. The van der Waals surface area contributed by atoms with Crippen molar-refractivity contribution in [2.45, 2.75) is 77.7 Å². The number of amides is 5. The molecule has 1 saturated carbocycles. The molecule has 3 rings (SSSR count). The molecule has 0 aromatic carbocycles. The van der Waals surface area contributed by atoms with Crippen LogP contribution in [0.5, 0.6) is 0 Å². The average molecular weight is 570 g/mol. The maximum atomic E-state index is 13.7. The van der Waals surface area contributed by atoms with Crippen LogP contribution in [0.25, 0.3) is 0 Å². The Morgan fingerprint density at radius 3 is 2.21 bits per heavy atom. The van der Waals surface area contributed by atoms with Gasteiger partial charge in [0, 0.05) is 21.7 Å². The fourth-order valence-electron chi connectivity index (χ4n) is 5.41. The van der Waals surface area contributed by atoms with Crippen molar-refractivity contribution in [2.24, 2.45) is 34.3 Å². The van der Waals surface area contributed by atoms with Crippen LogP contribution in [0.4, 0.5) is 22.0 Å². The van der Waals surface area contributed by atoms with E-state index in [0.29, 0.717) is 0 Å². The molecule has 39 heavy (non-hydrogen) atoms. The summed E-state index contributed by atoms with van der Waals surface area (Å²) in [6, 6.07) is -4.61. The second-order valence-electron chi connectivity index (χ2n) is 12.0. The van der Waals surface area contributed by atoms with Crippen LogP contribution >= 0.6 is 0 Å². The van der Waals surface area contributed by atoms with Gasteiger partial charge in [0.05, 0.1) is 0 Å². The number of nitrogens with two attached hydrogens (primary N) is 1. The van der Waals surface area contributed by atoms with E-state index in [1.54, 1.807) is 0 Å². The highest BCUT2D eigenvalue weighted by molar-refractivity contribution is 5.96. The molecule has 10 nitrogen and oxygen atoms in total. The molecule has 1 unspecified atom stereocenters. The molecule has 3 aliphatic rings. The van der Waals surface area contributed by atoms with Gasteiger partial charge in [-0.15, -0.1) is 0 Å². The first-order chi connectivity index (χ1) is 18.3. The van der Waals surface area contributed by atoms with E-state index in [2.05, 4.69) is 10.6 Å². The number of alkyl halides is 5. The van der Waals surface area contributed by atoms with Crippen molar-refractivity contribution in [2.75, 3.05) is 13.0 Å². The van der Waals surface area contributed by atoms with Gasteiger partial charge in [-0.25, -0.2) is 0 Å². The number of piperidine rings is 1. The number of rotatable bonds is 8. The molecule has 6 atom stereocenters. The molecule has 3 fully saturated rings. The van der Waals surface area contributed by atoms with Crippen molar-refractivity contribution < 1.29 is 48.7 Å². The van der Waals surface area contributed by atoms with E-state index in [9.17, 15) is 45.9 Å². The summed E-state index contributed by atoms with van der Waals surface area (Å²) in [5.41, 5.74) is 3.61. The molecule has 0 radical (unpaired) electrons. The lowest BCUT2D eigenvalue weighted by molar-refractivity contribution is -0.270. The number of halogens is 5. The summed E-state index contributed by atoms with van der Waals surface area (Å²) in [5, 5.41) is 6.06. The van der Waals surface area contributed by atoms with Gasteiger partial charge in [-0.3, -0.25) is 24.0 Å². The molecule has 5 amide bonds. The third kappa shape index (κ3) is 5.67. The van der Waals surface area contributed by atoms with E-state index in [1.165, 1.54) is 26.1 Å². The Balaban J connectivity index is 1.86. The van der Waals surface area contributed by atoms with E-state index in [0.717, 1.165) is 4.90 Å². The number of nitrogens with one attached hydrogen (secondary N) is 3. The van der Waals surface area contributed by atoms with Gasteiger partial charge in [-0.1, -0.05) is 34.6 Å². The predicted molar refractivity (Wildman–Crippen MR) is 126 cm³/mol. The third-order valence-corrected chi connectivity index (χ3v) is 7.90. The first kappa shape index (κ1) is 27.6. The Morgan fingerprint density at radius 1 is 1.15 bits per heavy atom. The van der Waals surface area contributed by atoms with Gasteiger partial charge in [-0.2, -0.15) is 22.0 Å². The topological polar surface area (TPSA) is 151 Å². The molecule has 0 bridgehead atoms. The Labute approximate surface area is 224 Å². The second kappa shape index (κ2) is 9.88. The smallest absolute Gasteiger partial charge is 0.368 e. The van der Waals surface area contributed by atoms with Crippen LogP contribution in [0.2, 0.25) is 0 Å². The minimum Gasteiger partial charge on any atom is -0.368 e. The number of hydrogen-bond donors (Lipinski definition) is 4. The fourth-order valence-corrected chi connectivity index (χ4v) is 5.41. The molecule has 0 aromatic heterocycles. The minimum absolute atomic E-state index is 0.0703. The average Bonchev–Trinajstić information content (AvgIpc) is 3.08. The summed E-state index contributed by atoms with van der Waals surface area (Å²) in [6.45, 7) is 5.55. The van der Waals surface area contributed by atoms with Gasteiger partial charge in [-0.05, 0) is 35.5 Å². The lowest BCUT2D eigenvalue weighted by Gasteiger charge is -2.38. The van der Waals surface area contributed by atoms with Crippen LogP contribution in [-0.2, 0) is 24.0 Å². The molecule has 220 valence electrons. The molecule has 2 heterocycles. The highest BCUT2D eigenvalue weighted by atomic mass is 19.4. The number of primary amides is 1. The summed E-state index contributed by atoms with van der Waals surface area (Å²) in [4.78, 5) is 64.4.